The molecule has 3 rings (SSSR count). The van der Waals surface area contributed by atoms with Gasteiger partial charge in [-0.3, -0.25) is 0 Å². The van der Waals surface area contributed by atoms with Crippen molar-refractivity contribution in [2.45, 2.75) is 31.8 Å². The molecular weight excluding hydrogens is 116 g/mol. The number of fused-ring (bicyclic) bond motifs is 4. The van der Waals surface area contributed by atoms with Gasteiger partial charge in [-0.1, -0.05) is 0 Å². The Hall–Kier alpha value is -0.0800. The van der Waals surface area contributed by atoms with Gasteiger partial charge < -0.3 is 0 Å². The molecule has 0 atom stereocenters. The van der Waals surface area contributed by atoms with E-state index >= 15 is 0 Å². The summed E-state index contributed by atoms with van der Waals surface area (Å²) in [7, 11) is 0. The highest BCUT2D eigenvalue weighted by molar-refractivity contribution is 4.79. The molecule has 0 N–H and O–H groups in total. The van der Waals surface area contributed by atoms with Gasteiger partial charge in [-0.15, -0.1) is 0 Å². The molecule has 1 aliphatic carbocycles. The summed E-state index contributed by atoms with van der Waals surface area (Å²) in [4.78, 5) is 9.97. The number of rotatable bonds is 0. The van der Waals surface area contributed by atoms with Gasteiger partial charge in [0.25, 0.3) is 0 Å². The maximum absolute atomic E-state index is 5.05. The van der Waals surface area contributed by atoms with E-state index in [1.165, 1.54) is 25.7 Å². The fraction of sp³-hybridized carbons (Fsp3) is 1.00. The molecule has 2 heterocycles. The highest BCUT2D eigenvalue weighted by atomic mass is 17.2. The highest BCUT2D eigenvalue weighted by Gasteiger charge is 2.31. The van der Waals surface area contributed by atoms with Crippen molar-refractivity contribution in [3.8, 4) is 0 Å². The van der Waals surface area contributed by atoms with Crippen LogP contribution in [-0.4, -0.2) is 12.7 Å². The van der Waals surface area contributed by atoms with Crippen LogP contribution in [0.3, 0.4) is 0 Å². The molecule has 2 aliphatic heterocycles. The Morgan fingerprint density at radius 1 is 1.22 bits per heavy atom. The van der Waals surface area contributed by atoms with E-state index in [0.717, 1.165) is 12.5 Å². The zero-order valence-corrected chi connectivity index (χ0v) is 5.51. The van der Waals surface area contributed by atoms with Crippen LogP contribution in [-0.2, 0) is 9.78 Å². The Bertz CT molecular complexity index is 81.6. The summed E-state index contributed by atoms with van der Waals surface area (Å²) in [6.45, 7) is 0.799. The van der Waals surface area contributed by atoms with Gasteiger partial charge in [0, 0.05) is 0 Å². The van der Waals surface area contributed by atoms with Gasteiger partial charge in [0.05, 0.1) is 12.7 Å². The predicted molar refractivity (Wildman–Crippen MR) is 32.8 cm³/mol. The zero-order valence-electron chi connectivity index (χ0n) is 5.51. The minimum atomic E-state index is 0.440. The maximum Gasteiger partial charge on any atom is 0.0935 e. The van der Waals surface area contributed by atoms with Crippen molar-refractivity contribution in [3.05, 3.63) is 0 Å². The first-order chi connectivity index (χ1) is 4.45. The van der Waals surface area contributed by atoms with Crippen LogP contribution in [0.4, 0.5) is 0 Å². The van der Waals surface area contributed by atoms with Gasteiger partial charge in [0.15, 0.2) is 0 Å². The predicted octanol–water partition coefficient (Wildman–Crippen LogP) is 1.51. The quantitative estimate of drug-likeness (QED) is 0.460. The lowest BCUT2D eigenvalue weighted by molar-refractivity contribution is -0.351. The lowest BCUT2D eigenvalue weighted by Crippen LogP contribution is -2.33. The lowest BCUT2D eigenvalue weighted by atomic mass is 9.79. The van der Waals surface area contributed by atoms with Crippen molar-refractivity contribution in [1.29, 1.82) is 0 Å². The van der Waals surface area contributed by atoms with Crippen molar-refractivity contribution >= 4 is 0 Å². The summed E-state index contributed by atoms with van der Waals surface area (Å²) < 4.78 is 0. The fourth-order valence-electron chi connectivity index (χ4n) is 1.56. The van der Waals surface area contributed by atoms with Crippen LogP contribution >= 0.6 is 0 Å². The van der Waals surface area contributed by atoms with Crippen LogP contribution in [0, 0.1) is 5.92 Å². The third-order valence-electron chi connectivity index (χ3n) is 2.24. The van der Waals surface area contributed by atoms with E-state index in [1.54, 1.807) is 0 Å². The second kappa shape index (κ2) is 2.27. The summed E-state index contributed by atoms with van der Waals surface area (Å²) in [5, 5.41) is 0. The Labute approximate surface area is 55.1 Å². The van der Waals surface area contributed by atoms with Crippen molar-refractivity contribution in [2.75, 3.05) is 6.61 Å². The van der Waals surface area contributed by atoms with E-state index in [4.69, 9.17) is 9.78 Å². The Balaban J connectivity index is 1.85. The standard InChI is InChI=1S/C7H12O2/c1-2-6-4-7(5-6)9-8-3-1/h6-7H,1-5H2. The average Bonchev–Trinajstić information content (AvgIpc) is 1.54. The van der Waals surface area contributed by atoms with E-state index < -0.39 is 0 Å². The van der Waals surface area contributed by atoms with Crippen LogP contribution in [0.2, 0.25) is 0 Å². The molecule has 3 aliphatic rings. The second-order valence-corrected chi connectivity index (χ2v) is 3.02. The monoisotopic (exact) mass is 128 g/mol. The van der Waals surface area contributed by atoms with E-state index in [-0.39, 0.29) is 0 Å². The van der Waals surface area contributed by atoms with Crippen LogP contribution in [0.1, 0.15) is 25.7 Å². The molecule has 2 bridgehead atoms. The first kappa shape index (κ1) is 5.69. The lowest BCUT2D eigenvalue weighted by Gasteiger charge is -2.35. The molecule has 52 valence electrons. The van der Waals surface area contributed by atoms with Crippen LogP contribution in [0.5, 0.6) is 0 Å². The molecule has 0 aromatic heterocycles. The molecular formula is C7H12O2. The van der Waals surface area contributed by atoms with E-state index in [2.05, 4.69) is 0 Å². The topological polar surface area (TPSA) is 18.5 Å². The number of hydrogen-bond donors (Lipinski definition) is 0. The van der Waals surface area contributed by atoms with Gasteiger partial charge in [-0.05, 0) is 31.6 Å². The summed E-state index contributed by atoms with van der Waals surface area (Å²) in [6.07, 6.45) is 5.44. The molecule has 9 heavy (non-hydrogen) atoms. The third-order valence-corrected chi connectivity index (χ3v) is 2.24. The molecule has 0 aromatic carbocycles. The Morgan fingerprint density at radius 3 is 3.00 bits per heavy atom. The summed E-state index contributed by atoms with van der Waals surface area (Å²) >= 11 is 0. The second-order valence-electron chi connectivity index (χ2n) is 3.02. The fourth-order valence-corrected chi connectivity index (χ4v) is 1.56. The van der Waals surface area contributed by atoms with Crippen LogP contribution in [0.15, 0.2) is 0 Å². The number of hydrogen-bond acceptors (Lipinski definition) is 2. The zero-order chi connectivity index (χ0) is 6.10. The molecule has 0 unspecified atom stereocenters. The minimum absolute atomic E-state index is 0.440. The molecule has 0 radical (unpaired) electrons. The van der Waals surface area contributed by atoms with E-state index in [9.17, 15) is 0 Å². The van der Waals surface area contributed by atoms with Crippen molar-refractivity contribution in [3.63, 3.8) is 0 Å². The highest BCUT2D eigenvalue weighted by Crippen LogP contribution is 2.35. The normalized spacial score (nSPS) is 42.7. The van der Waals surface area contributed by atoms with Gasteiger partial charge >= 0.3 is 0 Å². The maximum atomic E-state index is 5.05. The summed E-state index contributed by atoms with van der Waals surface area (Å²) in [5.74, 6) is 0.957. The first-order valence-corrected chi connectivity index (χ1v) is 3.73. The van der Waals surface area contributed by atoms with Crippen molar-refractivity contribution in [2.24, 2.45) is 5.92 Å². The average molecular weight is 128 g/mol. The Morgan fingerprint density at radius 2 is 2.11 bits per heavy atom. The molecule has 0 spiro atoms. The van der Waals surface area contributed by atoms with Gasteiger partial charge in [0.2, 0.25) is 0 Å². The van der Waals surface area contributed by atoms with Gasteiger partial charge in [-0.2, -0.15) is 0 Å². The molecule has 1 saturated carbocycles. The van der Waals surface area contributed by atoms with Gasteiger partial charge in [0.1, 0.15) is 0 Å². The first-order valence-electron chi connectivity index (χ1n) is 3.73. The SMILES string of the molecule is C1COOC2CC(C1)C2. The molecule has 0 aromatic rings. The van der Waals surface area contributed by atoms with E-state index in [1.807, 2.05) is 0 Å². The van der Waals surface area contributed by atoms with E-state index in [0.29, 0.717) is 6.10 Å². The molecule has 2 nitrogen and oxygen atoms in total. The van der Waals surface area contributed by atoms with Gasteiger partial charge in [-0.25, -0.2) is 9.78 Å². The smallest absolute Gasteiger partial charge is 0.0935 e. The molecule has 0 amide bonds. The van der Waals surface area contributed by atoms with Crippen molar-refractivity contribution < 1.29 is 9.78 Å². The third kappa shape index (κ3) is 1.10. The van der Waals surface area contributed by atoms with Crippen LogP contribution in [0.25, 0.3) is 0 Å². The molecule has 2 heteroatoms. The Kier molecular flexibility index (Phi) is 1.44. The minimum Gasteiger partial charge on any atom is -0.236 e. The summed E-state index contributed by atoms with van der Waals surface area (Å²) in [5.41, 5.74) is 0. The molecule has 3 fully saturated rings. The largest absolute Gasteiger partial charge is 0.236 e. The summed E-state index contributed by atoms with van der Waals surface area (Å²) in [6, 6.07) is 0. The van der Waals surface area contributed by atoms with Crippen LogP contribution < -0.4 is 0 Å². The molecule has 2 saturated heterocycles. The van der Waals surface area contributed by atoms with Crippen molar-refractivity contribution in [1.82, 2.24) is 0 Å².